The minimum atomic E-state index is -3.78. The number of anilines is 2. The molecule has 0 unspecified atom stereocenters. The lowest BCUT2D eigenvalue weighted by Crippen LogP contribution is -2.12. The number of aromatic nitrogens is 4. The highest BCUT2D eigenvalue weighted by Crippen LogP contribution is 2.39. The van der Waals surface area contributed by atoms with Crippen molar-refractivity contribution in [3.8, 4) is 11.4 Å². The van der Waals surface area contributed by atoms with Crippen LogP contribution in [-0.2, 0) is 10.0 Å². The third-order valence-corrected chi connectivity index (χ3v) is 4.86. The molecule has 128 valence electrons. The summed E-state index contributed by atoms with van der Waals surface area (Å²) in [7, 11) is -3.78. The largest absolute Gasteiger partial charge is 0.323 e. The van der Waals surface area contributed by atoms with Gasteiger partial charge in [0.15, 0.2) is 11.6 Å². The van der Waals surface area contributed by atoms with Gasteiger partial charge in [-0.15, -0.1) is 0 Å². The second-order valence-electron chi connectivity index (χ2n) is 5.95. The lowest BCUT2D eigenvalue weighted by molar-refractivity contribution is 0.598. The molecule has 9 heteroatoms. The number of nitrogens with one attached hydrogen (secondary N) is 2. The fourth-order valence-electron chi connectivity index (χ4n) is 2.51. The van der Waals surface area contributed by atoms with Gasteiger partial charge in [0, 0.05) is 29.4 Å². The Labute approximate surface area is 144 Å². The summed E-state index contributed by atoms with van der Waals surface area (Å²) in [6.07, 6.45) is 3.99. The van der Waals surface area contributed by atoms with Gasteiger partial charge in [-0.3, -0.25) is 5.10 Å². The summed E-state index contributed by atoms with van der Waals surface area (Å²) in [5.74, 6) is 2.24. The first kappa shape index (κ1) is 15.7. The molecule has 2 heterocycles. The van der Waals surface area contributed by atoms with Crippen molar-refractivity contribution in [2.75, 3.05) is 5.32 Å². The third-order valence-electron chi connectivity index (χ3n) is 3.95. The number of rotatable bonds is 5. The van der Waals surface area contributed by atoms with Gasteiger partial charge in [0.1, 0.15) is 5.82 Å². The van der Waals surface area contributed by atoms with E-state index < -0.39 is 10.0 Å². The van der Waals surface area contributed by atoms with Crippen LogP contribution in [0.4, 0.5) is 11.6 Å². The Morgan fingerprint density at radius 3 is 2.76 bits per heavy atom. The zero-order valence-corrected chi connectivity index (χ0v) is 14.0. The smallest absolute Gasteiger partial charge is 0.238 e. The van der Waals surface area contributed by atoms with Gasteiger partial charge in [-0.25, -0.2) is 23.5 Å². The molecular formula is C16H16N6O2S. The molecule has 1 aliphatic carbocycles. The van der Waals surface area contributed by atoms with Crippen LogP contribution in [0.2, 0.25) is 0 Å². The van der Waals surface area contributed by atoms with Gasteiger partial charge in [0.2, 0.25) is 10.0 Å². The average Bonchev–Trinajstić information content (AvgIpc) is 3.35. The summed E-state index contributed by atoms with van der Waals surface area (Å²) >= 11 is 0. The van der Waals surface area contributed by atoms with Crippen molar-refractivity contribution in [2.45, 2.75) is 23.7 Å². The zero-order chi connectivity index (χ0) is 17.4. The highest BCUT2D eigenvalue weighted by Gasteiger charge is 2.25. The molecule has 0 spiro atoms. The van der Waals surface area contributed by atoms with Crippen LogP contribution in [-0.4, -0.2) is 28.6 Å². The van der Waals surface area contributed by atoms with Crippen LogP contribution in [0.25, 0.3) is 11.4 Å². The zero-order valence-electron chi connectivity index (χ0n) is 13.2. The molecule has 0 atom stereocenters. The molecule has 4 N–H and O–H groups in total. The lowest BCUT2D eigenvalue weighted by Gasteiger charge is -2.06. The summed E-state index contributed by atoms with van der Waals surface area (Å²) in [6.45, 7) is 0. The predicted octanol–water partition coefficient (Wildman–Crippen LogP) is 2.14. The second kappa shape index (κ2) is 5.94. The van der Waals surface area contributed by atoms with Crippen LogP contribution >= 0.6 is 0 Å². The van der Waals surface area contributed by atoms with Crippen molar-refractivity contribution in [1.29, 1.82) is 0 Å². The second-order valence-corrected chi connectivity index (χ2v) is 7.51. The lowest BCUT2D eigenvalue weighted by atomic mass is 10.2. The molecule has 0 amide bonds. The van der Waals surface area contributed by atoms with Gasteiger partial charge in [-0.05, 0) is 31.0 Å². The van der Waals surface area contributed by atoms with E-state index in [0.717, 1.165) is 5.69 Å². The SMILES string of the molecule is NS(=O)(=O)c1cccc(-c2nccc(Nc3cc(C4CC4)[nH]n3)n2)c1. The van der Waals surface area contributed by atoms with E-state index in [2.05, 4.69) is 25.5 Å². The topological polar surface area (TPSA) is 127 Å². The molecule has 3 aromatic rings. The third kappa shape index (κ3) is 3.52. The fourth-order valence-corrected chi connectivity index (χ4v) is 3.07. The monoisotopic (exact) mass is 356 g/mol. The standard InChI is InChI=1S/C16H16N6O2S/c17-25(23,24)12-3-1-2-11(8-12)16-18-7-6-14(20-16)19-15-9-13(21-22-15)10-4-5-10/h1-3,6-10H,4-5H2,(H2,17,23,24)(H2,18,19,20,21,22). The highest BCUT2D eigenvalue weighted by atomic mass is 32.2. The molecule has 0 radical (unpaired) electrons. The summed E-state index contributed by atoms with van der Waals surface area (Å²) in [4.78, 5) is 8.64. The van der Waals surface area contributed by atoms with E-state index in [1.165, 1.54) is 25.0 Å². The number of H-pyrrole nitrogens is 1. The number of aromatic amines is 1. The van der Waals surface area contributed by atoms with Crippen LogP contribution < -0.4 is 10.5 Å². The molecule has 8 nitrogen and oxygen atoms in total. The van der Waals surface area contributed by atoms with Crippen molar-refractivity contribution in [3.05, 3.63) is 48.3 Å². The fraction of sp³-hybridized carbons (Fsp3) is 0.188. The molecule has 4 rings (SSSR count). The number of sulfonamides is 1. The Hall–Kier alpha value is -2.78. The van der Waals surface area contributed by atoms with Crippen molar-refractivity contribution in [1.82, 2.24) is 20.2 Å². The normalized spacial score (nSPS) is 14.4. The van der Waals surface area contributed by atoms with E-state index in [4.69, 9.17) is 5.14 Å². The van der Waals surface area contributed by atoms with Crippen LogP contribution in [0.1, 0.15) is 24.5 Å². The molecule has 0 saturated heterocycles. The first-order valence-corrected chi connectivity index (χ1v) is 9.32. The Kier molecular flexibility index (Phi) is 3.74. The maximum absolute atomic E-state index is 11.5. The Balaban J connectivity index is 1.60. The predicted molar refractivity (Wildman–Crippen MR) is 92.7 cm³/mol. The summed E-state index contributed by atoms with van der Waals surface area (Å²) in [6, 6.07) is 9.92. The maximum Gasteiger partial charge on any atom is 0.238 e. The maximum atomic E-state index is 11.5. The Morgan fingerprint density at radius 1 is 1.16 bits per heavy atom. The molecule has 1 fully saturated rings. The minimum Gasteiger partial charge on any atom is -0.323 e. The first-order chi connectivity index (χ1) is 12.0. The van der Waals surface area contributed by atoms with Crippen molar-refractivity contribution in [2.24, 2.45) is 5.14 Å². The number of hydrogen-bond donors (Lipinski definition) is 3. The highest BCUT2D eigenvalue weighted by molar-refractivity contribution is 7.89. The van der Waals surface area contributed by atoms with Gasteiger partial charge in [-0.2, -0.15) is 5.10 Å². The van der Waals surface area contributed by atoms with Gasteiger partial charge in [0.05, 0.1) is 4.90 Å². The van der Waals surface area contributed by atoms with Crippen LogP contribution in [0, 0.1) is 0 Å². The molecule has 0 bridgehead atoms. The van der Waals surface area contributed by atoms with Crippen LogP contribution in [0.3, 0.4) is 0 Å². The van der Waals surface area contributed by atoms with Gasteiger partial charge < -0.3 is 5.32 Å². The van der Waals surface area contributed by atoms with Crippen molar-refractivity contribution >= 4 is 21.7 Å². The van der Waals surface area contributed by atoms with E-state index in [-0.39, 0.29) is 4.90 Å². The Morgan fingerprint density at radius 2 is 2.00 bits per heavy atom. The minimum absolute atomic E-state index is 0.0216. The van der Waals surface area contributed by atoms with Crippen molar-refractivity contribution in [3.63, 3.8) is 0 Å². The molecule has 25 heavy (non-hydrogen) atoms. The number of nitrogens with zero attached hydrogens (tertiary/aromatic N) is 3. The molecular weight excluding hydrogens is 340 g/mol. The Bertz CT molecular complexity index is 1030. The molecule has 1 saturated carbocycles. The van der Waals surface area contributed by atoms with Gasteiger partial charge in [0.25, 0.3) is 0 Å². The molecule has 0 aliphatic heterocycles. The van der Waals surface area contributed by atoms with E-state index in [1.54, 1.807) is 24.4 Å². The summed E-state index contributed by atoms with van der Waals surface area (Å²) in [5.41, 5.74) is 1.69. The quantitative estimate of drug-likeness (QED) is 0.643. The average molecular weight is 356 g/mol. The summed E-state index contributed by atoms with van der Waals surface area (Å²) < 4.78 is 23.0. The number of benzene rings is 1. The van der Waals surface area contributed by atoms with Gasteiger partial charge in [-0.1, -0.05) is 12.1 Å². The van der Waals surface area contributed by atoms with E-state index >= 15 is 0 Å². The van der Waals surface area contributed by atoms with Crippen LogP contribution in [0.5, 0.6) is 0 Å². The van der Waals surface area contributed by atoms with E-state index in [0.29, 0.717) is 28.9 Å². The number of primary sulfonamides is 1. The number of nitrogens with two attached hydrogens (primary N) is 1. The number of hydrogen-bond acceptors (Lipinski definition) is 6. The molecule has 1 aliphatic rings. The summed E-state index contributed by atoms with van der Waals surface area (Å²) in [5, 5.41) is 15.6. The van der Waals surface area contributed by atoms with Crippen molar-refractivity contribution < 1.29 is 8.42 Å². The molecule has 2 aromatic heterocycles. The molecule has 1 aromatic carbocycles. The van der Waals surface area contributed by atoms with E-state index in [1.807, 2.05) is 6.07 Å². The van der Waals surface area contributed by atoms with Gasteiger partial charge >= 0.3 is 0 Å². The first-order valence-electron chi connectivity index (χ1n) is 7.78. The van der Waals surface area contributed by atoms with E-state index in [9.17, 15) is 8.42 Å². The van der Waals surface area contributed by atoms with Crippen LogP contribution in [0.15, 0.2) is 47.5 Å².